The van der Waals surface area contributed by atoms with E-state index in [0.717, 1.165) is 31.5 Å². The van der Waals surface area contributed by atoms with Crippen LogP contribution in [0, 0.1) is 11.8 Å². The van der Waals surface area contributed by atoms with Crippen LogP contribution in [-0.2, 0) is 9.53 Å². The number of nitrogens with one attached hydrogen (secondary N) is 4. The number of H-pyrrole nitrogens is 1. The predicted octanol–water partition coefficient (Wildman–Crippen LogP) is 6.71. The summed E-state index contributed by atoms with van der Waals surface area (Å²) in [5.74, 6) is -0.465. The number of carboxylic acid groups (broad SMARTS) is 1. The van der Waals surface area contributed by atoms with Gasteiger partial charge in [-0.15, -0.1) is 13.2 Å². The Morgan fingerprint density at radius 2 is 1.81 bits per heavy atom. The minimum atomic E-state index is -5.07. The Hall–Kier alpha value is -5.39. The standard InChI is InChI=1S/C40H44ClF3N8O6/c1-22-15-32(52(21-22)38(54)35(50-39(55)56)26-9-13-57-14-10-26)36-47-20-31(49-36)25-5-3-24(4-6-25)28-16-30(41)29(17-33(28)58-40(42,43)44)37(53)48-27-7-8-34(46-19-27)51-12-11-45-18-23(51)2/h3-8,16-17,19-20,22-23,26,32,35,45,50H,9-15,18,21H2,1-2H3,(H,47,49)(H,48,53)(H,55,56)/t22-,23?,32-,35-/m0/s1. The fraction of sp³-hybridized carbons (Fsp3) is 0.425. The molecule has 2 aromatic heterocycles. The molecule has 308 valence electrons. The summed E-state index contributed by atoms with van der Waals surface area (Å²) in [5.41, 5.74) is 1.61. The second-order valence-corrected chi connectivity index (χ2v) is 15.4. The van der Waals surface area contributed by atoms with Crippen molar-refractivity contribution >= 4 is 41.0 Å². The number of amides is 3. The quantitative estimate of drug-likeness (QED) is 0.116. The Bertz CT molecular complexity index is 2110. The molecule has 3 aliphatic heterocycles. The summed E-state index contributed by atoms with van der Waals surface area (Å²) < 4.78 is 51.0. The number of aromatic nitrogens is 3. The lowest BCUT2D eigenvalue weighted by Gasteiger charge is -2.34. The van der Waals surface area contributed by atoms with E-state index in [4.69, 9.17) is 21.3 Å². The number of piperazine rings is 1. The van der Waals surface area contributed by atoms with Crippen molar-refractivity contribution < 1.29 is 42.1 Å². The number of carbonyl (C=O) groups excluding carboxylic acids is 2. The highest BCUT2D eigenvalue weighted by atomic mass is 35.5. The maximum atomic E-state index is 13.9. The molecule has 3 fully saturated rings. The molecule has 0 saturated carbocycles. The van der Waals surface area contributed by atoms with Crippen LogP contribution in [0.4, 0.5) is 29.5 Å². The first-order valence-corrected chi connectivity index (χ1v) is 19.5. The zero-order valence-electron chi connectivity index (χ0n) is 31.8. The van der Waals surface area contributed by atoms with Gasteiger partial charge in [0.2, 0.25) is 5.91 Å². The molecule has 5 N–H and O–H groups in total. The molecule has 58 heavy (non-hydrogen) atoms. The lowest BCUT2D eigenvalue weighted by atomic mass is 9.90. The summed E-state index contributed by atoms with van der Waals surface area (Å²) in [7, 11) is 0. The van der Waals surface area contributed by atoms with E-state index in [-0.39, 0.29) is 39.9 Å². The predicted molar refractivity (Wildman–Crippen MR) is 210 cm³/mol. The highest BCUT2D eigenvalue weighted by molar-refractivity contribution is 6.35. The Morgan fingerprint density at radius 1 is 1.07 bits per heavy atom. The van der Waals surface area contributed by atoms with Gasteiger partial charge >= 0.3 is 12.5 Å². The van der Waals surface area contributed by atoms with Gasteiger partial charge in [-0.1, -0.05) is 42.8 Å². The number of hydrogen-bond donors (Lipinski definition) is 5. The summed E-state index contributed by atoms with van der Waals surface area (Å²) >= 11 is 6.54. The third-order valence-corrected chi connectivity index (χ3v) is 11.1. The van der Waals surface area contributed by atoms with Crippen LogP contribution < -0.4 is 25.6 Å². The molecule has 7 rings (SSSR count). The molecule has 0 bridgehead atoms. The average molecular weight is 825 g/mol. The van der Waals surface area contributed by atoms with E-state index >= 15 is 0 Å². The third kappa shape index (κ3) is 9.32. The molecule has 0 radical (unpaired) electrons. The first-order chi connectivity index (χ1) is 27.7. The highest BCUT2D eigenvalue weighted by Crippen LogP contribution is 2.40. The summed E-state index contributed by atoms with van der Waals surface area (Å²) in [6.45, 7) is 7.82. The fourth-order valence-corrected chi connectivity index (χ4v) is 8.19. The van der Waals surface area contributed by atoms with Crippen LogP contribution in [0.1, 0.15) is 55.3 Å². The molecule has 4 atom stereocenters. The van der Waals surface area contributed by atoms with E-state index in [1.165, 1.54) is 12.3 Å². The molecule has 5 heterocycles. The SMILES string of the molecule is CC1CNCCN1c1ccc(NC(=O)c2cc(OC(F)(F)F)c(-c3ccc(-c4c[nH]c([C@@H]5C[C@H](C)CN5C(=O)[C@@H](NC(=O)O)C5CCOCC5)n4)cc3)cc2Cl)cn1. The number of hydrogen-bond acceptors (Lipinski definition) is 9. The second-order valence-electron chi connectivity index (χ2n) is 15.0. The molecule has 2 aromatic carbocycles. The van der Waals surface area contributed by atoms with E-state index in [1.807, 2.05) is 6.92 Å². The number of aromatic amines is 1. The van der Waals surface area contributed by atoms with Crippen molar-refractivity contribution in [3.05, 3.63) is 77.3 Å². The van der Waals surface area contributed by atoms with E-state index in [9.17, 15) is 32.7 Å². The minimum Gasteiger partial charge on any atom is -0.465 e. The molecule has 0 spiro atoms. The van der Waals surface area contributed by atoms with Crippen LogP contribution >= 0.6 is 11.6 Å². The number of pyridine rings is 1. The molecule has 4 aromatic rings. The number of likely N-dealkylation sites (tertiary alicyclic amines) is 1. The maximum Gasteiger partial charge on any atom is 0.573 e. The molecular weight excluding hydrogens is 781 g/mol. The van der Waals surface area contributed by atoms with Gasteiger partial charge in [0.05, 0.1) is 34.2 Å². The molecule has 3 aliphatic rings. The van der Waals surface area contributed by atoms with Crippen LogP contribution in [0.2, 0.25) is 5.02 Å². The molecule has 18 heteroatoms. The van der Waals surface area contributed by atoms with Gasteiger partial charge in [0, 0.05) is 62.8 Å². The summed E-state index contributed by atoms with van der Waals surface area (Å²) in [4.78, 5) is 55.2. The maximum absolute atomic E-state index is 13.9. The van der Waals surface area contributed by atoms with Crippen molar-refractivity contribution in [1.29, 1.82) is 0 Å². The van der Waals surface area contributed by atoms with E-state index < -0.39 is 36.2 Å². The monoisotopic (exact) mass is 824 g/mol. The molecule has 0 aliphatic carbocycles. The number of nitrogens with zero attached hydrogens (tertiary/aromatic N) is 4. The smallest absolute Gasteiger partial charge is 0.465 e. The van der Waals surface area contributed by atoms with Gasteiger partial charge < -0.3 is 45.3 Å². The van der Waals surface area contributed by atoms with Crippen molar-refractivity contribution in [2.75, 3.05) is 49.6 Å². The first-order valence-electron chi connectivity index (χ1n) is 19.1. The Morgan fingerprint density at radius 3 is 2.48 bits per heavy atom. The lowest BCUT2D eigenvalue weighted by Crippen LogP contribution is -2.53. The van der Waals surface area contributed by atoms with Crippen molar-refractivity contribution in [3.8, 4) is 28.1 Å². The zero-order valence-corrected chi connectivity index (χ0v) is 32.6. The first kappa shape index (κ1) is 40.8. The summed E-state index contributed by atoms with van der Waals surface area (Å²) in [5, 5.41) is 17.9. The van der Waals surface area contributed by atoms with E-state index in [2.05, 4.69) is 42.5 Å². The van der Waals surface area contributed by atoms with Crippen molar-refractivity contribution in [1.82, 2.24) is 30.5 Å². The minimum absolute atomic E-state index is 0.00690. The van der Waals surface area contributed by atoms with E-state index in [1.54, 1.807) is 47.5 Å². The van der Waals surface area contributed by atoms with Crippen molar-refractivity contribution in [2.45, 2.75) is 57.6 Å². The number of imidazole rings is 1. The lowest BCUT2D eigenvalue weighted by molar-refractivity contribution is -0.274. The highest BCUT2D eigenvalue weighted by Gasteiger charge is 2.42. The normalized spacial score (nSPS) is 20.8. The number of ether oxygens (including phenoxy) is 2. The fourth-order valence-electron chi connectivity index (χ4n) is 7.94. The summed E-state index contributed by atoms with van der Waals surface area (Å²) in [6.07, 6.45) is -1.44. The molecule has 3 amide bonds. The average Bonchev–Trinajstić information content (AvgIpc) is 3.85. The van der Waals surface area contributed by atoms with Gasteiger partial charge in [-0.25, -0.2) is 14.8 Å². The number of halogens is 4. The van der Waals surface area contributed by atoms with Gasteiger partial charge in [0.15, 0.2) is 0 Å². The van der Waals surface area contributed by atoms with Crippen molar-refractivity contribution in [2.24, 2.45) is 11.8 Å². The molecule has 3 saturated heterocycles. The van der Waals surface area contributed by atoms with E-state index in [0.29, 0.717) is 67.4 Å². The van der Waals surface area contributed by atoms with Crippen molar-refractivity contribution in [3.63, 3.8) is 0 Å². The van der Waals surface area contributed by atoms with Crippen LogP contribution in [0.25, 0.3) is 22.4 Å². The van der Waals surface area contributed by atoms with Crippen LogP contribution in [0.3, 0.4) is 0 Å². The van der Waals surface area contributed by atoms with Crippen LogP contribution in [0.15, 0.2) is 60.9 Å². The Kier molecular flexibility index (Phi) is 12.1. The number of rotatable bonds is 10. The van der Waals surface area contributed by atoms with Crippen LogP contribution in [0.5, 0.6) is 5.75 Å². The molecule has 1 unspecified atom stereocenters. The largest absolute Gasteiger partial charge is 0.573 e. The number of alkyl halides is 3. The van der Waals surface area contributed by atoms with Gasteiger partial charge in [0.1, 0.15) is 23.4 Å². The van der Waals surface area contributed by atoms with Gasteiger partial charge in [-0.2, -0.15) is 0 Å². The molecule has 14 nitrogen and oxygen atoms in total. The number of carbonyl (C=O) groups is 3. The Balaban J connectivity index is 1.09. The zero-order chi connectivity index (χ0) is 41.1. The number of anilines is 2. The number of benzene rings is 2. The Labute approximate surface area is 337 Å². The van der Waals surface area contributed by atoms with Gasteiger partial charge in [0.25, 0.3) is 5.91 Å². The second kappa shape index (κ2) is 17.2. The van der Waals surface area contributed by atoms with Gasteiger partial charge in [-0.05, 0) is 67.9 Å². The van der Waals surface area contributed by atoms with Crippen LogP contribution in [-0.4, -0.2) is 101 Å². The third-order valence-electron chi connectivity index (χ3n) is 10.8. The summed E-state index contributed by atoms with van der Waals surface area (Å²) in [6, 6.07) is 11.1. The van der Waals surface area contributed by atoms with Gasteiger partial charge in [-0.3, -0.25) is 9.59 Å². The topological polar surface area (TPSA) is 174 Å². The molecular formula is C40H44ClF3N8O6.